The zero-order chi connectivity index (χ0) is 22.6. The van der Waals surface area contributed by atoms with E-state index in [-0.39, 0.29) is 18.2 Å². The molecule has 4 aromatic rings. The number of nitrogens with one attached hydrogen (secondary N) is 3. The van der Waals surface area contributed by atoms with Crippen LogP contribution in [0.1, 0.15) is 17.2 Å². The molecule has 0 spiro atoms. The average Bonchev–Trinajstić information content (AvgIpc) is 3.25. The van der Waals surface area contributed by atoms with Crippen LogP contribution in [0.5, 0.6) is 11.5 Å². The van der Waals surface area contributed by atoms with Crippen molar-refractivity contribution in [2.24, 2.45) is 0 Å². The Morgan fingerprint density at radius 1 is 0.909 bits per heavy atom. The van der Waals surface area contributed by atoms with Crippen LogP contribution in [0.2, 0.25) is 0 Å². The Kier molecular flexibility index (Phi) is 5.68. The van der Waals surface area contributed by atoms with Gasteiger partial charge in [0.25, 0.3) is 5.91 Å². The summed E-state index contributed by atoms with van der Waals surface area (Å²) in [6.45, 7) is 0.957. The summed E-state index contributed by atoms with van der Waals surface area (Å²) in [5.74, 6) is 0.639. The lowest BCUT2D eigenvalue weighted by atomic mass is 10.0. The van der Waals surface area contributed by atoms with E-state index in [4.69, 9.17) is 9.47 Å². The number of hydrogen-bond donors (Lipinski definition) is 3. The second-order valence-corrected chi connectivity index (χ2v) is 7.80. The molecule has 7 nitrogen and oxygen atoms in total. The summed E-state index contributed by atoms with van der Waals surface area (Å²) in [7, 11) is 0. The first-order valence-electron chi connectivity index (χ1n) is 10.8. The molecule has 0 bridgehead atoms. The van der Waals surface area contributed by atoms with Crippen LogP contribution in [0.3, 0.4) is 0 Å². The topological polar surface area (TPSA) is 92.5 Å². The van der Waals surface area contributed by atoms with Gasteiger partial charge in [0, 0.05) is 28.9 Å². The minimum atomic E-state index is -0.850. The average molecular weight is 441 g/mol. The number of benzene rings is 3. The largest absolute Gasteiger partial charge is 0.486 e. The molecule has 0 fully saturated rings. The van der Waals surface area contributed by atoms with E-state index in [0.29, 0.717) is 36.0 Å². The lowest BCUT2D eigenvalue weighted by Crippen LogP contribution is -2.37. The molecule has 7 heteroatoms. The number of H-pyrrole nitrogens is 1. The van der Waals surface area contributed by atoms with Crippen molar-refractivity contribution in [3.05, 3.63) is 90.1 Å². The number of carbonyl (C=O) groups is 2. The summed E-state index contributed by atoms with van der Waals surface area (Å²) in [4.78, 5) is 29.3. The first kappa shape index (κ1) is 20.6. The molecule has 0 radical (unpaired) electrons. The number of para-hydroxylation sites is 1. The third-order valence-corrected chi connectivity index (χ3v) is 5.54. The third kappa shape index (κ3) is 4.52. The number of rotatable bonds is 6. The number of anilines is 1. The van der Waals surface area contributed by atoms with Crippen molar-refractivity contribution in [3.8, 4) is 11.5 Å². The lowest BCUT2D eigenvalue weighted by Gasteiger charge is -2.21. The summed E-state index contributed by atoms with van der Waals surface area (Å²) in [6, 6.07) is 21.4. The Morgan fingerprint density at radius 2 is 1.67 bits per heavy atom. The molecule has 0 saturated heterocycles. The second kappa shape index (κ2) is 9.08. The standard InChI is InChI=1S/C26H23N3O4/c30-24(14-18-16-27-21-9-5-4-8-20(18)21)29-25(17-6-2-1-3-7-17)26(31)28-19-10-11-22-23(15-19)33-13-12-32-22/h1-11,15-16,25,27H,12-14H2,(H,28,31)(H,29,30)/t25-/m0/s1. The molecule has 3 aromatic carbocycles. The first-order chi connectivity index (χ1) is 16.2. The minimum Gasteiger partial charge on any atom is -0.486 e. The van der Waals surface area contributed by atoms with E-state index in [2.05, 4.69) is 15.6 Å². The van der Waals surface area contributed by atoms with Crippen molar-refractivity contribution in [2.45, 2.75) is 12.5 Å². The van der Waals surface area contributed by atoms with Crippen LogP contribution in [-0.4, -0.2) is 30.0 Å². The van der Waals surface area contributed by atoms with E-state index in [0.717, 1.165) is 16.5 Å². The van der Waals surface area contributed by atoms with Crippen LogP contribution in [0.15, 0.2) is 79.0 Å². The van der Waals surface area contributed by atoms with Gasteiger partial charge < -0.3 is 25.1 Å². The molecule has 166 valence electrons. The number of fused-ring (bicyclic) bond motifs is 2. The molecular formula is C26H23N3O4. The number of amides is 2. The monoisotopic (exact) mass is 441 g/mol. The first-order valence-corrected chi connectivity index (χ1v) is 10.8. The number of hydrogen-bond acceptors (Lipinski definition) is 4. The van der Waals surface area contributed by atoms with E-state index >= 15 is 0 Å². The van der Waals surface area contributed by atoms with Crippen molar-refractivity contribution < 1.29 is 19.1 Å². The number of aromatic amines is 1. The van der Waals surface area contributed by atoms with Gasteiger partial charge in [-0.15, -0.1) is 0 Å². The smallest absolute Gasteiger partial charge is 0.251 e. The Hall–Kier alpha value is -4.26. The molecule has 1 aliphatic heterocycles. The Balaban J connectivity index is 1.34. The highest BCUT2D eigenvalue weighted by atomic mass is 16.6. The Bertz CT molecular complexity index is 1300. The van der Waals surface area contributed by atoms with Gasteiger partial charge in [-0.05, 0) is 29.3 Å². The van der Waals surface area contributed by atoms with Crippen LogP contribution in [0, 0.1) is 0 Å². The fourth-order valence-corrected chi connectivity index (χ4v) is 3.94. The summed E-state index contributed by atoms with van der Waals surface area (Å²) in [5.41, 5.74) is 3.11. The normalized spacial score (nSPS) is 13.3. The molecule has 5 rings (SSSR count). The van der Waals surface area contributed by atoms with Gasteiger partial charge in [-0.3, -0.25) is 9.59 Å². The molecule has 33 heavy (non-hydrogen) atoms. The van der Waals surface area contributed by atoms with E-state index in [1.54, 1.807) is 18.2 Å². The van der Waals surface area contributed by atoms with E-state index < -0.39 is 6.04 Å². The van der Waals surface area contributed by atoms with Gasteiger partial charge in [0.2, 0.25) is 5.91 Å². The predicted octanol–water partition coefficient (Wildman–Crippen LogP) is 3.98. The number of carbonyl (C=O) groups excluding carboxylic acids is 2. The molecular weight excluding hydrogens is 418 g/mol. The zero-order valence-corrected chi connectivity index (χ0v) is 17.8. The highest BCUT2D eigenvalue weighted by Gasteiger charge is 2.24. The van der Waals surface area contributed by atoms with Gasteiger partial charge in [0.05, 0.1) is 6.42 Å². The van der Waals surface area contributed by atoms with Crippen molar-refractivity contribution in [2.75, 3.05) is 18.5 Å². The maximum Gasteiger partial charge on any atom is 0.251 e. The van der Waals surface area contributed by atoms with E-state index in [1.807, 2.05) is 60.8 Å². The van der Waals surface area contributed by atoms with Crippen LogP contribution in [-0.2, 0) is 16.0 Å². The Morgan fingerprint density at radius 3 is 2.52 bits per heavy atom. The quantitative estimate of drug-likeness (QED) is 0.422. The summed E-state index contributed by atoms with van der Waals surface area (Å²) >= 11 is 0. The van der Waals surface area contributed by atoms with Crippen LogP contribution in [0.25, 0.3) is 10.9 Å². The predicted molar refractivity (Wildman–Crippen MR) is 125 cm³/mol. The summed E-state index contributed by atoms with van der Waals surface area (Å²) in [5, 5.41) is 6.78. The molecule has 1 aliphatic rings. The molecule has 0 aliphatic carbocycles. The number of aromatic nitrogens is 1. The Labute approximate surface area is 190 Å². The van der Waals surface area contributed by atoms with Crippen LogP contribution < -0.4 is 20.1 Å². The second-order valence-electron chi connectivity index (χ2n) is 7.80. The van der Waals surface area contributed by atoms with E-state index in [9.17, 15) is 9.59 Å². The molecule has 3 N–H and O–H groups in total. The lowest BCUT2D eigenvalue weighted by molar-refractivity contribution is -0.126. The van der Waals surface area contributed by atoms with Crippen molar-refractivity contribution in [1.82, 2.24) is 10.3 Å². The van der Waals surface area contributed by atoms with Gasteiger partial charge in [0.1, 0.15) is 19.3 Å². The SMILES string of the molecule is O=C(Cc1c[nH]c2ccccc12)N[C@H](C(=O)Nc1ccc2c(c1)OCCO2)c1ccccc1. The highest BCUT2D eigenvalue weighted by Crippen LogP contribution is 2.33. The third-order valence-electron chi connectivity index (χ3n) is 5.54. The highest BCUT2D eigenvalue weighted by molar-refractivity contribution is 5.99. The molecule has 0 unspecified atom stereocenters. The number of ether oxygens (including phenoxy) is 2. The molecule has 1 aromatic heterocycles. The minimum absolute atomic E-state index is 0.157. The molecule has 2 heterocycles. The van der Waals surface area contributed by atoms with Crippen molar-refractivity contribution >= 4 is 28.4 Å². The summed E-state index contributed by atoms with van der Waals surface area (Å²) in [6.07, 6.45) is 1.99. The molecule has 1 atom stereocenters. The van der Waals surface area contributed by atoms with E-state index in [1.165, 1.54) is 0 Å². The van der Waals surface area contributed by atoms with Crippen molar-refractivity contribution in [3.63, 3.8) is 0 Å². The van der Waals surface area contributed by atoms with Gasteiger partial charge in [0.15, 0.2) is 11.5 Å². The van der Waals surface area contributed by atoms with Gasteiger partial charge >= 0.3 is 0 Å². The molecule has 0 saturated carbocycles. The zero-order valence-electron chi connectivity index (χ0n) is 17.8. The maximum atomic E-state index is 13.2. The molecule has 2 amide bonds. The van der Waals surface area contributed by atoms with Gasteiger partial charge in [-0.25, -0.2) is 0 Å². The van der Waals surface area contributed by atoms with Crippen LogP contribution >= 0.6 is 0 Å². The van der Waals surface area contributed by atoms with Gasteiger partial charge in [-0.1, -0.05) is 48.5 Å². The van der Waals surface area contributed by atoms with Crippen LogP contribution in [0.4, 0.5) is 5.69 Å². The summed E-state index contributed by atoms with van der Waals surface area (Å²) < 4.78 is 11.1. The fourth-order valence-electron chi connectivity index (χ4n) is 3.94. The van der Waals surface area contributed by atoms with Crippen molar-refractivity contribution in [1.29, 1.82) is 0 Å². The fraction of sp³-hybridized carbons (Fsp3) is 0.154. The maximum absolute atomic E-state index is 13.2. The van der Waals surface area contributed by atoms with Gasteiger partial charge in [-0.2, -0.15) is 0 Å².